The number of nitrogens with zero attached hydrogens (tertiary/aromatic N) is 3. The van der Waals surface area contributed by atoms with Crippen molar-refractivity contribution in [3.8, 4) is 5.75 Å². The molecule has 0 saturated heterocycles. The van der Waals surface area contributed by atoms with E-state index in [4.69, 9.17) is 21.3 Å². The number of aryl methyl sites for hydroxylation is 2. The van der Waals surface area contributed by atoms with Crippen molar-refractivity contribution in [1.82, 2.24) is 36.1 Å². The second-order valence-corrected chi connectivity index (χ2v) is 10.9. The number of rotatable bonds is 15. The van der Waals surface area contributed by atoms with Gasteiger partial charge in [0.05, 0.1) is 24.5 Å². The summed E-state index contributed by atoms with van der Waals surface area (Å²) in [4.78, 5) is 34.4. The number of H-pyrrole nitrogens is 1. The van der Waals surface area contributed by atoms with Crippen LogP contribution in [-0.2, 0) is 28.9 Å². The number of nitrogens with one attached hydrogen (secondary N) is 5. The van der Waals surface area contributed by atoms with Gasteiger partial charge in [-0.3, -0.25) is 15.0 Å². The average Bonchev–Trinajstić information content (AvgIpc) is 3.69. The zero-order chi connectivity index (χ0) is 32.3. The van der Waals surface area contributed by atoms with Gasteiger partial charge in [-0.2, -0.15) is 0 Å². The van der Waals surface area contributed by atoms with Gasteiger partial charge in [-0.1, -0.05) is 30.3 Å². The van der Waals surface area contributed by atoms with E-state index in [2.05, 4.69) is 36.1 Å². The molecule has 2 heterocycles. The molecule has 2 amide bonds. The number of carbonyl (C=O) groups excluding carboxylic acids is 2. The molecule has 0 spiro atoms. The molecule has 0 saturated carbocycles. The summed E-state index contributed by atoms with van der Waals surface area (Å²) in [7, 11) is 0. The van der Waals surface area contributed by atoms with Gasteiger partial charge in [-0.15, -0.1) is 10.2 Å². The van der Waals surface area contributed by atoms with Crippen molar-refractivity contribution < 1.29 is 19.1 Å². The lowest BCUT2D eigenvalue weighted by molar-refractivity contribution is -0.130. The molecule has 4 rings (SSSR count). The lowest BCUT2D eigenvalue weighted by Gasteiger charge is -2.24. The number of guanidine groups is 1. The van der Waals surface area contributed by atoms with Gasteiger partial charge < -0.3 is 41.9 Å². The highest BCUT2D eigenvalue weighted by molar-refractivity contribution is 5.90. The largest absolute Gasteiger partial charge is 0.508 e. The molecule has 14 heteroatoms. The van der Waals surface area contributed by atoms with Gasteiger partial charge in [-0.05, 0) is 61.1 Å². The molecule has 2 aromatic heterocycles. The van der Waals surface area contributed by atoms with Crippen molar-refractivity contribution in [3.05, 3.63) is 94.7 Å². The molecule has 14 nitrogen and oxygen atoms in total. The highest BCUT2D eigenvalue weighted by atomic mass is 16.4. The third-order valence-corrected chi connectivity index (χ3v) is 7.33. The fraction of sp³-hybridized carbons (Fsp3) is 0.355. The van der Waals surface area contributed by atoms with E-state index in [1.165, 1.54) is 6.33 Å². The number of phenolic OH excluding ortho intramolecular Hbond substituents is 1. The minimum Gasteiger partial charge on any atom is -0.508 e. The SMILES string of the molecule is Cc1cc(O)cc(C)c1C[C@H](NC(=O)[C@H](N)CCCNC(=N)N)C(=O)N[C@@H](Cc1c[nH]cn1)c1nnc(Cc2ccccc2)o1. The van der Waals surface area contributed by atoms with Gasteiger partial charge in [0.25, 0.3) is 0 Å². The van der Waals surface area contributed by atoms with Crippen LogP contribution < -0.4 is 27.4 Å². The Morgan fingerprint density at radius 1 is 1.07 bits per heavy atom. The van der Waals surface area contributed by atoms with Crippen molar-refractivity contribution in [3.63, 3.8) is 0 Å². The van der Waals surface area contributed by atoms with E-state index < -0.39 is 29.9 Å². The number of imidazole rings is 1. The first-order chi connectivity index (χ1) is 21.6. The summed E-state index contributed by atoms with van der Waals surface area (Å²) in [6.07, 6.45) is 4.88. The first-order valence-electron chi connectivity index (χ1n) is 14.7. The summed E-state index contributed by atoms with van der Waals surface area (Å²) in [6, 6.07) is 10.2. The molecule has 0 bridgehead atoms. The Bertz CT molecular complexity index is 1550. The standard InChI is InChI=1S/C31H40N10O4/c1-18-11-22(42)12-19(2)23(18)15-25(38-28(43)24(32)9-6-10-36-31(33)34)29(44)39-26(14-21-16-35-17-37-21)30-41-40-27(45-30)13-20-7-4-3-5-8-20/h3-5,7-8,11-12,16-17,24-26,42H,6,9-10,13-15,32H2,1-2H3,(H,35,37)(H,38,43)(H,39,44)(H4,33,34,36)/t24-,25+,26+/m1/s1. The van der Waals surface area contributed by atoms with Crippen molar-refractivity contribution in [2.24, 2.45) is 11.5 Å². The van der Waals surface area contributed by atoms with Crippen LogP contribution in [0.4, 0.5) is 0 Å². The van der Waals surface area contributed by atoms with Gasteiger partial charge in [-0.25, -0.2) is 4.98 Å². The lowest BCUT2D eigenvalue weighted by Crippen LogP contribution is -2.53. The van der Waals surface area contributed by atoms with Crippen LogP contribution >= 0.6 is 0 Å². The molecule has 3 atom stereocenters. The molecule has 238 valence electrons. The molecule has 0 unspecified atom stereocenters. The second-order valence-electron chi connectivity index (χ2n) is 10.9. The number of hydrogen-bond acceptors (Lipinski definition) is 9. The second kappa shape index (κ2) is 15.5. The van der Waals surface area contributed by atoms with Gasteiger partial charge in [0.15, 0.2) is 5.96 Å². The number of aromatic nitrogens is 4. The van der Waals surface area contributed by atoms with E-state index in [0.29, 0.717) is 37.4 Å². The molecule has 0 aliphatic rings. The predicted molar refractivity (Wildman–Crippen MR) is 167 cm³/mol. The van der Waals surface area contributed by atoms with Crippen LogP contribution in [0.2, 0.25) is 0 Å². The summed E-state index contributed by atoms with van der Waals surface area (Å²) in [6.45, 7) is 4.05. The van der Waals surface area contributed by atoms with Crippen LogP contribution in [0.15, 0.2) is 59.4 Å². The Kier molecular flexibility index (Phi) is 11.2. The minimum atomic E-state index is -1.02. The number of benzene rings is 2. The molecule has 4 aromatic rings. The van der Waals surface area contributed by atoms with E-state index in [1.807, 2.05) is 44.2 Å². The molecular weight excluding hydrogens is 576 g/mol. The lowest BCUT2D eigenvalue weighted by atomic mass is 9.95. The van der Waals surface area contributed by atoms with Gasteiger partial charge in [0.1, 0.15) is 17.8 Å². The summed E-state index contributed by atoms with van der Waals surface area (Å²) in [5.41, 5.74) is 15.5. The van der Waals surface area contributed by atoms with Crippen molar-refractivity contribution in [2.45, 2.75) is 64.1 Å². The average molecular weight is 617 g/mol. The first-order valence-corrected chi connectivity index (χ1v) is 14.7. The number of carbonyl (C=O) groups is 2. The maximum Gasteiger partial charge on any atom is 0.243 e. The highest BCUT2D eigenvalue weighted by Gasteiger charge is 2.30. The van der Waals surface area contributed by atoms with Crippen molar-refractivity contribution in [1.29, 1.82) is 5.41 Å². The number of hydrogen-bond donors (Lipinski definition) is 8. The third-order valence-electron chi connectivity index (χ3n) is 7.33. The van der Waals surface area contributed by atoms with Crippen LogP contribution in [0.3, 0.4) is 0 Å². The van der Waals surface area contributed by atoms with E-state index in [1.54, 1.807) is 18.3 Å². The van der Waals surface area contributed by atoms with Crippen LogP contribution in [-0.4, -0.2) is 61.7 Å². The normalized spacial score (nSPS) is 13.0. The topological polar surface area (TPSA) is 234 Å². The quantitative estimate of drug-likeness (QED) is 0.0543. The maximum absolute atomic E-state index is 14.0. The zero-order valence-corrected chi connectivity index (χ0v) is 25.3. The van der Waals surface area contributed by atoms with Crippen LogP contribution in [0, 0.1) is 19.3 Å². The number of amides is 2. The maximum atomic E-state index is 14.0. The van der Waals surface area contributed by atoms with Crippen molar-refractivity contribution >= 4 is 17.8 Å². The number of nitrogens with two attached hydrogens (primary N) is 2. The van der Waals surface area contributed by atoms with Crippen molar-refractivity contribution in [2.75, 3.05) is 6.54 Å². The fourth-order valence-electron chi connectivity index (χ4n) is 4.99. The Hall–Kier alpha value is -5.24. The summed E-state index contributed by atoms with van der Waals surface area (Å²) < 4.78 is 6.00. The summed E-state index contributed by atoms with van der Waals surface area (Å²) in [5, 5.41) is 34.2. The monoisotopic (exact) mass is 616 g/mol. The molecule has 0 radical (unpaired) electrons. The summed E-state index contributed by atoms with van der Waals surface area (Å²) >= 11 is 0. The Morgan fingerprint density at radius 2 is 1.80 bits per heavy atom. The highest BCUT2D eigenvalue weighted by Crippen LogP contribution is 2.23. The molecule has 0 fully saturated rings. The predicted octanol–water partition coefficient (Wildman–Crippen LogP) is 1.42. The van der Waals surface area contributed by atoms with Gasteiger partial charge >= 0.3 is 0 Å². The van der Waals surface area contributed by atoms with E-state index in [-0.39, 0.29) is 30.4 Å². The van der Waals surface area contributed by atoms with Crippen LogP contribution in [0.5, 0.6) is 5.75 Å². The Balaban J connectivity index is 1.55. The molecular formula is C31H40N10O4. The van der Waals surface area contributed by atoms with Gasteiger partial charge in [0, 0.05) is 25.6 Å². The number of phenols is 1. The van der Waals surface area contributed by atoms with Crippen LogP contribution in [0.25, 0.3) is 0 Å². The number of aromatic amines is 1. The number of aromatic hydroxyl groups is 1. The Morgan fingerprint density at radius 3 is 2.47 bits per heavy atom. The fourth-order valence-corrected chi connectivity index (χ4v) is 4.99. The minimum absolute atomic E-state index is 0.113. The van der Waals surface area contributed by atoms with E-state index in [0.717, 1.165) is 22.3 Å². The van der Waals surface area contributed by atoms with E-state index >= 15 is 0 Å². The van der Waals surface area contributed by atoms with Crippen LogP contribution in [0.1, 0.15) is 58.6 Å². The Labute approximate surface area is 260 Å². The zero-order valence-electron chi connectivity index (χ0n) is 25.3. The van der Waals surface area contributed by atoms with Gasteiger partial charge in [0.2, 0.25) is 23.6 Å². The third kappa shape index (κ3) is 9.63. The molecule has 45 heavy (non-hydrogen) atoms. The smallest absolute Gasteiger partial charge is 0.243 e. The first kappa shape index (κ1) is 32.7. The molecule has 0 aliphatic heterocycles. The summed E-state index contributed by atoms with van der Waals surface area (Å²) in [5.74, 6) is -0.441. The van der Waals surface area contributed by atoms with E-state index in [9.17, 15) is 14.7 Å². The molecule has 10 N–H and O–H groups in total. The molecule has 0 aliphatic carbocycles. The molecule has 2 aromatic carbocycles.